The van der Waals surface area contributed by atoms with Gasteiger partial charge in [0.1, 0.15) is 42.4 Å². The van der Waals surface area contributed by atoms with E-state index in [9.17, 15) is 29.5 Å². The molecule has 1 saturated carbocycles. The van der Waals surface area contributed by atoms with Gasteiger partial charge in [-0.25, -0.2) is 4.98 Å². The number of aromatic nitrogens is 1. The second kappa shape index (κ2) is 21.2. The molecule has 2 fully saturated rings. The zero-order valence-electron chi connectivity index (χ0n) is 39.8. The molecular weight excluding hydrogens is 892 g/mol. The summed E-state index contributed by atoms with van der Waals surface area (Å²) in [6.45, 7) is 18.0. The van der Waals surface area contributed by atoms with Gasteiger partial charge in [0, 0.05) is 48.1 Å². The van der Waals surface area contributed by atoms with E-state index in [0.717, 1.165) is 21.7 Å². The first kappa shape index (κ1) is 50.9. The monoisotopic (exact) mass is 954 g/mol. The Morgan fingerprint density at radius 3 is 2.24 bits per heavy atom. The maximum Gasteiger partial charge on any atom is 0.251 e. The molecule has 14 nitrogen and oxygen atoms in total. The lowest BCUT2D eigenvalue weighted by atomic mass is 9.49. The van der Waals surface area contributed by atoms with Crippen LogP contribution in [0.15, 0.2) is 72.2 Å². The molecule has 4 atom stereocenters. The number of thiazole rings is 1. The Bertz CT molecular complexity index is 2430. The first-order chi connectivity index (χ1) is 31.6. The van der Waals surface area contributed by atoms with Crippen LogP contribution in [0.5, 0.6) is 11.5 Å². The molecule has 2 aliphatic rings. The largest absolute Gasteiger partial charge is 0.494 e. The van der Waals surface area contributed by atoms with Gasteiger partial charge in [-0.1, -0.05) is 84.3 Å². The van der Waals surface area contributed by atoms with E-state index in [0.29, 0.717) is 47.1 Å². The summed E-state index contributed by atoms with van der Waals surface area (Å²) in [6.07, 6.45) is 0.242. The number of unbranched alkanes of at least 4 members (excludes halogenated alkanes) is 1. The molecule has 16 heteroatoms. The van der Waals surface area contributed by atoms with Gasteiger partial charge in [-0.15, -0.1) is 11.3 Å². The molecule has 6 rings (SSSR count). The summed E-state index contributed by atoms with van der Waals surface area (Å²) in [5.41, 5.74) is 4.08. The number of nitriles is 1. The van der Waals surface area contributed by atoms with Crippen molar-refractivity contribution in [3.63, 3.8) is 0 Å². The Morgan fingerprint density at radius 1 is 0.970 bits per heavy atom. The Kier molecular flexibility index (Phi) is 16.1. The molecule has 1 aromatic heterocycles. The number of rotatable bonds is 18. The van der Waals surface area contributed by atoms with Gasteiger partial charge in [-0.05, 0) is 79.6 Å². The third-order valence-electron chi connectivity index (χ3n) is 12.8. The lowest BCUT2D eigenvalue weighted by molar-refractivity contribution is -0.164. The third-order valence-corrected chi connectivity index (χ3v) is 14.1. The molecule has 4 N–H and O–H groups in total. The van der Waals surface area contributed by atoms with Crippen LogP contribution in [-0.2, 0) is 19.1 Å². The molecule has 67 heavy (non-hydrogen) atoms. The number of nitrogens with zero attached hydrogens (tertiary/aromatic N) is 3. The van der Waals surface area contributed by atoms with Crippen molar-refractivity contribution >= 4 is 46.6 Å². The van der Waals surface area contributed by atoms with Gasteiger partial charge in [0.25, 0.3) is 5.91 Å². The fourth-order valence-electron chi connectivity index (χ4n) is 9.39. The Morgan fingerprint density at radius 2 is 1.63 bits per heavy atom. The predicted molar refractivity (Wildman–Crippen MR) is 258 cm³/mol. The number of aliphatic hydroxyl groups is 1. The average molecular weight is 956 g/mol. The van der Waals surface area contributed by atoms with Crippen LogP contribution in [0.1, 0.15) is 108 Å². The van der Waals surface area contributed by atoms with E-state index in [1.807, 2.05) is 64.4 Å². The maximum absolute atomic E-state index is 14.1. The fraction of sp³-hybridized carbons (Fsp3) is 0.490. The molecular formula is C51H63ClN6O8S. The highest BCUT2D eigenvalue weighted by Gasteiger charge is 2.64. The molecule has 2 heterocycles. The van der Waals surface area contributed by atoms with E-state index in [2.05, 4.69) is 54.7 Å². The van der Waals surface area contributed by atoms with Gasteiger partial charge in [-0.3, -0.25) is 19.2 Å². The van der Waals surface area contributed by atoms with Crippen LogP contribution in [0.4, 0.5) is 0 Å². The van der Waals surface area contributed by atoms with Crippen LogP contribution in [0.2, 0.25) is 5.02 Å². The van der Waals surface area contributed by atoms with E-state index < -0.39 is 46.2 Å². The number of halogens is 1. The molecule has 1 saturated heterocycles. The van der Waals surface area contributed by atoms with Crippen molar-refractivity contribution in [2.45, 2.75) is 118 Å². The van der Waals surface area contributed by atoms with E-state index in [4.69, 9.17) is 25.8 Å². The zero-order valence-corrected chi connectivity index (χ0v) is 41.3. The number of hydrogen-bond acceptors (Lipinski definition) is 11. The molecule has 3 aromatic carbocycles. The molecule has 358 valence electrons. The van der Waals surface area contributed by atoms with Crippen LogP contribution in [0, 0.1) is 34.5 Å². The Labute approximate surface area is 402 Å². The quantitative estimate of drug-likeness (QED) is 0.0716. The van der Waals surface area contributed by atoms with Crippen molar-refractivity contribution in [1.82, 2.24) is 25.8 Å². The highest BCUT2D eigenvalue weighted by molar-refractivity contribution is 7.13. The molecule has 0 radical (unpaired) electrons. The average Bonchev–Trinajstić information content (AvgIpc) is 3.90. The minimum absolute atomic E-state index is 0.0246. The van der Waals surface area contributed by atoms with Crippen molar-refractivity contribution in [1.29, 1.82) is 5.26 Å². The number of nitrogens with one attached hydrogen (secondary N) is 3. The highest BCUT2D eigenvalue weighted by atomic mass is 35.5. The van der Waals surface area contributed by atoms with Crippen LogP contribution in [0.25, 0.3) is 10.4 Å². The van der Waals surface area contributed by atoms with Crippen molar-refractivity contribution in [3.8, 4) is 28.0 Å². The number of likely N-dealkylation sites (tertiary alicyclic amines) is 1. The van der Waals surface area contributed by atoms with Gasteiger partial charge < -0.3 is 40.2 Å². The second-order valence-electron chi connectivity index (χ2n) is 19.8. The highest BCUT2D eigenvalue weighted by Crippen LogP contribution is 2.55. The summed E-state index contributed by atoms with van der Waals surface area (Å²) in [6, 6.07) is 19.5. The van der Waals surface area contributed by atoms with E-state index in [-0.39, 0.29) is 56.2 Å². The number of aliphatic hydroxyl groups excluding tert-OH is 1. The normalized spacial score (nSPS) is 20.4. The summed E-state index contributed by atoms with van der Waals surface area (Å²) >= 11 is 7.80. The minimum Gasteiger partial charge on any atom is -0.494 e. The van der Waals surface area contributed by atoms with Crippen LogP contribution in [0.3, 0.4) is 0 Å². The van der Waals surface area contributed by atoms with E-state index in [1.54, 1.807) is 53.8 Å². The SMILES string of the molecule is Cc1ncsc1-c1ccc([C@@H](C)NC(=O)[C@@H]2C[C@@H](O)CN2C(=O)[C@@H](NC(=O)COCCCCOc2ccc(C(=O)NC3C(C)(C)C(Oc4ccc(C#N)c(Cl)c4)C3(C)C)cc2)C(C)(C)C)cc1. The van der Waals surface area contributed by atoms with Crippen molar-refractivity contribution in [3.05, 3.63) is 99.6 Å². The Hall–Kier alpha value is -5.53. The molecule has 0 bridgehead atoms. The van der Waals surface area contributed by atoms with Gasteiger partial charge in [-0.2, -0.15) is 5.26 Å². The summed E-state index contributed by atoms with van der Waals surface area (Å²) in [5, 5.41) is 29.2. The number of amides is 4. The predicted octanol–water partition coefficient (Wildman–Crippen LogP) is 7.80. The molecule has 1 aliphatic heterocycles. The number of benzene rings is 3. The van der Waals surface area contributed by atoms with Gasteiger partial charge >= 0.3 is 0 Å². The first-order valence-corrected chi connectivity index (χ1v) is 23.9. The second-order valence-corrected chi connectivity index (χ2v) is 21.1. The standard InChI is InChI=1S/C51H63ClN6O8S/c1-30(32-12-14-33(15-13-32)42-31(2)54-29-67-42)55-45(62)40-24-36(59)27-58(40)46(63)43(49(3,4)5)56-41(60)28-64-22-10-11-23-65-37-19-16-34(17-20-37)44(61)57-47-50(6,7)48(51(47,8)9)66-38-21-18-35(26-53)39(52)25-38/h12-21,25,29-30,36,40,43,47-48,59H,10-11,22-24,27-28H2,1-9H3,(H,55,62)(H,56,60)(H,57,61)/t30-,36-,40+,43-,47?,48?/m1/s1. The number of hydrogen-bond donors (Lipinski definition) is 4. The summed E-state index contributed by atoms with van der Waals surface area (Å²) in [4.78, 5) is 61.0. The lowest BCUT2D eigenvalue weighted by Crippen LogP contribution is -2.74. The van der Waals surface area contributed by atoms with Crippen molar-refractivity contribution in [2.75, 3.05) is 26.4 Å². The minimum atomic E-state index is -0.972. The van der Waals surface area contributed by atoms with Crippen LogP contribution >= 0.6 is 22.9 Å². The zero-order chi connectivity index (χ0) is 48.8. The molecule has 0 unspecified atom stereocenters. The third kappa shape index (κ3) is 12.0. The van der Waals surface area contributed by atoms with Crippen LogP contribution in [-0.4, -0.2) is 95.3 Å². The van der Waals surface area contributed by atoms with Crippen LogP contribution < -0.4 is 25.4 Å². The van der Waals surface area contributed by atoms with Crippen molar-refractivity contribution in [2.24, 2.45) is 16.2 Å². The van der Waals surface area contributed by atoms with Gasteiger partial charge in [0.15, 0.2) is 0 Å². The van der Waals surface area contributed by atoms with Gasteiger partial charge in [0.2, 0.25) is 17.7 Å². The summed E-state index contributed by atoms with van der Waals surface area (Å²) in [5.74, 6) is -0.313. The number of β-amino-alcohol motifs (C(OH)–C–C–N with tert-alkyl or cyclic N) is 1. The first-order valence-electron chi connectivity index (χ1n) is 22.7. The number of ether oxygens (including phenoxy) is 3. The van der Waals surface area contributed by atoms with E-state index in [1.165, 1.54) is 4.90 Å². The van der Waals surface area contributed by atoms with Gasteiger partial charge in [0.05, 0.1) is 45.4 Å². The summed E-state index contributed by atoms with van der Waals surface area (Å²) < 4.78 is 17.9. The number of carbonyl (C=O) groups excluding carboxylic acids is 4. The van der Waals surface area contributed by atoms with Crippen molar-refractivity contribution < 1.29 is 38.5 Å². The lowest BCUT2D eigenvalue weighted by Gasteiger charge is -2.63. The topological polar surface area (TPSA) is 192 Å². The molecule has 1 aliphatic carbocycles. The molecule has 0 spiro atoms. The van der Waals surface area contributed by atoms with E-state index >= 15 is 0 Å². The Balaban J connectivity index is 0.906. The maximum atomic E-state index is 14.1. The molecule has 4 aromatic rings. The smallest absolute Gasteiger partial charge is 0.251 e. The summed E-state index contributed by atoms with van der Waals surface area (Å²) in [7, 11) is 0. The fourth-order valence-corrected chi connectivity index (χ4v) is 10.4. The molecule has 4 amide bonds. The number of aryl methyl sites for hydroxylation is 1. The number of carbonyl (C=O) groups is 4.